The van der Waals surface area contributed by atoms with Gasteiger partial charge < -0.3 is 14.8 Å². The molecule has 0 saturated heterocycles. The maximum atomic E-state index is 11.7. The Kier molecular flexibility index (Phi) is 7.59. The standard InChI is InChI=1S/C16H22N2O5/c1-4-11(3)17-16(21)18-15(20)10-23-13-7-6-12(9-19)8-14(13)22-5-2/h6-9,11H,4-5,10H2,1-3H3,(H2,17,18,20,21)/t11-/m0/s1. The van der Waals surface area contributed by atoms with Gasteiger partial charge in [0, 0.05) is 11.6 Å². The summed E-state index contributed by atoms with van der Waals surface area (Å²) >= 11 is 0. The van der Waals surface area contributed by atoms with E-state index in [1.54, 1.807) is 19.1 Å². The zero-order valence-electron chi connectivity index (χ0n) is 13.5. The van der Waals surface area contributed by atoms with Crippen LogP contribution in [-0.2, 0) is 4.79 Å². The van der Waals surface area contributed by atoms with Crippen LogP contribution in [0.5, 0.6) is 11.5 Å². The summed E-state index contributed by atoms with van der Waals surface area (Å²) in [5.74, 6) is 0.122. The first-order chi connectivity index (χ1) is 11.0. The fourth-order valence-corrected chi connectivity index (χ4v) is 1.65. The minimum atomic E-state index is -0.576. The molecule has 1 aromatic carbocycles. The van der Waals surface area contributed by atoms with Gasteiger partial charge in [-0.05, 0) is 38.5 Å². The first kappa shape index (κ1) is 18.5. The molecular weight excluding hydrogens is 300 g/mol. The number of carbonyl (C=O) groups is 3. The first-order valence-corrected chi connectivity index (χ1v) is 7.45. The van der Waals surface area contributed by atoms with Crippen LogP contribution in [0.15, 0.2) is 18.2 Å². The quantitative estimate of drug-likeness (QED) is 0.713. The van der Waals surface area contributed by atoms with Crippen LogP contribution in [-0.4, -0.2) is 37.5 Å². The number of imide groups is 1. The second kappa shape index (κ2) is 9.45. The van der Waals surface area contributed by atoms with Crippen LogP contribution in [0.4, 0.5) is 4.79 Å². The van der Waals surface area contributed by atoms with Crippen molar-refractivity contribution in [1.29, 1.82) is 0 Å². The van der Waals surface area contributed by atoms with E-state index in [1.165, 1.54) is 6.07 Å². The third-order valence-corrected chi connectivity index (χ3v) is 3.01. The Bertz CT molecular complexity index is 559. The SMILES string of the molecule is CCOc1cc(C=O)ccc1OCC(=O)NC(=O)N[C@@H](C)CC. The third kappa shape index (κ3) is 6.37. The lowest BCUT2D eigenvalue weighted by Crippen LogP contribution is -2.44. The Labute approximate surface area is 135 Å². The monoisotopic (exact) mass is 322 g/mol. The molecule has 7 nitrogen and oxygen atoms in total. The smallest absolute Gasteiger partial charge is 0.321 e. The van der Waals surface area contributed by atoms with Crippen molar-refractivity contribution in [2.45, 2.75) is 33.2 Å². The molecule has 0 aliphatic carbocycles. The van der Waals surface area contributed by atoms with Crippen molar-refractivity contribution in [1.82, 2.24) is 10.6 Å². The highest BCUT2D eigenvalue weighted by Crippen LogP contribution is 2.27. The Morgan fingerprint density at radius 1 is 1.22 bits per heavy atom. The van der Waals surface area contributed by atoms with Gasteiger partial charge in [0.1, 0.15) is 6.29 Å². The molecule has 126 valence electrons. The Morgan fingerprint density at radius 3 is 2.57 bits per heavy atom. The van der Waals surface area contributed by atoms with E-state index in [9.17, 15) is 14.4 Å². The molecule has 0 unspecified atom stereocenters. The van der Waals surface area contributed by atoms with Crippen LogP contribution in [0.1, 0.15) is 37.6 Å². The Balaban J connectivity index is 2.58. The van der Waals surface area contributed by atoms with Gasteiger partial charge in [0.2, 0.25) is 0 Å². The molecule has 7 heteroatoms. The molecule has 0 aliphatic rings. The maximum Gasteiger partial charge on any atom is 0.321 e. The molecule has 0 spiro atoms. The topological polar surface area (TPSA) is 93.7 Å². The minimum Gasteiger partial charge on any atom is -0.490 e. The van der Waals surface area contributed by atoms with Crippen LogP contribution >= 0.6 is 0 Å². The highest BCUT2D eigenvalue weighted by Gasteiger charge is 2.12. The fourth-order valence-electron chi connectivity index (χ4n) is 1.65. The van der Waals surface area contributed by atoms with Gasteiger partial charge >= 0.3 is 6.03 Å². The molecule has 2 N–H and O–H groups in total. The lowest BCUT2D eigenvalue weighted by Gasteiger charge is -2.13. The molecule has 1 aromatic rings. The van der Waals surface area contributed by atoms with Crippen LogP contribution in [0.3, 0.4) is 0 Å². The van der Waals surface area contributed by atoms with Crippen LogP contribution < -0.4 is 20.1 Å². The number of hydrogen-bond donors (Lipinski definition) is 2. The predicted octanol–water partition coefficient (Wildman–Crippen LogP) is 1.90. The molecule has 23 heavy (non-hydrogen) atoms. The summed E-state index contributed by atoms with van der Waals surface area (Å²) in [6.07, 6.45) is 1.46. The van der Waals surface area contributed by atoms with Gasteiger partial charge in [-0.3, -0.25) is 14.9 Å². The van der Waals surface area contributed by atoms with Gasteiger partial charge in [0.25, 0.3) is 5.91 Å². The van der Waals surface area contributed by atoms with Crippen molar-refractivity contribution in [3.8, 4) is 11.5 Å². The number of ether oxygens (including phenoxy) is 2. The lowest BCUT2D eigenvalue weighted by molar-refractivity contribution is -0.122. The van der Waals surface area contributed by atoms with Crippen LogP contribution in [0, 0.1) is 0 Å². The summed E-state index contributed by atoms with van der Waals surface area (Å²) in [5.41, 5.74) is 0.443. The van der Waals surface area contributed by atoms with E-state index in [2.05, 4.69) is 10.6 Å². The van der Waals surface area contributed by atoms with Crippen molar-refractivity contribution in [2.75, 3.05) is 13.2 Å². The van der Waals surface area contributed by atoms with Crippen molar-refractivity contribution in [3.63, 3.8) is 0 Å². The van der Waals surface area contributed by atoms with E-state index in [1.807, 2.05) is 13.8 Å². The number of amides is 3. The summed E-state index contributed by atoms with van der Waals surface area (Å²) in [6, 6.07) is 4.04. The molecule has 0 saturated carbocycles. The van der Waals surface area contributed by atoms with Crippen LogP contribution in [0.25, 0.3) is 0 Å². The molecule has 0 heterocycles. The summed E-state index contributed by atoms with van der Waals surface area (Å²) in [4.78, 5) is 34.0. The number of urea groups is 1. The predicted molar refractivity (Wildman–Crippen MR) is 84.9 cm³/mol. The van der Waals surface area contributed by atoms with Gasteiger partial charge in [-0.2, -0.15) is 0 Å². The number of rotatable bonds is 8. The summed E-state index contributed by atoms with van der Waals surface area (Å²) in [7, 11) is 0. The molecule has 3 amide bonds. The van der Waals surface area contributed by atoms with E-state index in [0.717, 1.165) is 6.42 Å². The molecule has 0 bridgehead atoms. The molecule has 1 atom stereocenters. The number of benzene rings is 1. The van der Waals surface area contributed by atoms with E-state index in [4.69, 9.17) is 9.47 Å². The Morgan fingerprint density at radius 2 is 1.96 bits per heavy atom. The second-order valence-electron chi connectivity index (χ2n) is 4.88. The zero-order chi connectivity index (χ0) is 17.2. The fraction of sp³-hybridized carbons (Fsp3) is 0.438. The average Bonchev–Trinajstić information content (AvgIpc) is 2.53. The number of hydrogen-bond acceptors (Lipinski definition) is 5. The normalized spacial score (nSPS) is 11.3. The number of carbonyl (C=O) groups excluding carboxylic acids is 3. The zero-order valence-corrected chi connectivity index (χ0v) is 13.5. The van der Waals surface area contributed by atoms with Gasteiger partial charge in [-0.25, -0.2) is 4.79 Å². The first-order valence-electron chi connectivity index (χ1n) is 7.45. The highest BCUT2D eigenvalue weighted by molar-refractivity contribution is 5.95. The highest BCUT2D eigenvalue weighted by atomic mass is 16.5. The summed E-state index contributed by atoms with van der Waals surface area (Å²) in [6.45, 7) is 5.61. The molecule has 0 fully saturated rings. The van der Waals surface area contributed by atoms with Crippen molar-refractivity contribution < 1.29 is 23.9 Å². The van der Waals surface area contributed by atoms with E-state index in [-0.39, 0.29) is 12.6 Å². The van der Waals surface area contributed by atoms with Gasteiger partial charge in [0.15, 0.2) is 18.1 Å². The van der Waals surface area contributed by atoms with Crippen molar-refractivity contribution >= 4 is 18.2 Å². The van der Waals surface area contributed by atoms with Crippen molar-refractivity contribution in [2.24, 2.45) is 0 Å². The van der Waals surface area contributed by atoms with Gasteiger partial charge in [0.05, 0.1) is 6.61 Å². The largest absolute Gasteiger partial charge is 0.490 e. The van der Waals surface area contributed by atoms with Crippen LogP contribution in [0.2, 0.25) is 0 Å². The van der Waals surface area contributed by atoms with Gasteiger partial charge in [-0.15, -0.1) is 0 Å². The maximum absolute atomic E-state index is 11.7. The average molecular weight is 322 g/mol. The van der Waals surface area contributed by atoms with E-state index < -0.39 is 11.9 Å². The lowest BCUT2D eigenvalue weighted by atomic mass is 10.2. The molecule has 1 rings (SSSR count). The minimum absolute atomic E-state index is 0.0239. The number of nitrogens with one attached hydrogen (secondary N) is 2. The van der Waals surface area contributed by atoms with E-state index in [0.29, 0.717) is 30.0 Å². The Hall–Kier alpha value is -2.57. The summed E-state index contributed by atoms with van der Waals surface area (Å²) in [5, 5.41) is 4.79. The second-order valence-corrected chi connectivity index (χ2v) is 4.88. The molecular formula is C16H22N2O5. The van der Waals surface area contributed by atoms with Gasteiger partial charge in [-0.1, -0.05) is 6.92 Å². The molecule has 0 radical (unpaired) electrons. The third-order valence-electron chi connectivity index (χ3n) is 3.01. The number of aldehydes is 1. The van der Waals surface area contributed by atoms with Crippen molar-refractivity contribution in [3.05, 3.63) is 23.8 Å². The molecule has 0 aromatic heterocycles. The molecule has 0 aliphatic heterocycles. The van der Waals surface area contributed by atoms with E-state index >= 15 is 0 Å². The summed E-state index contributed by atoms with van der Waals surface area (Å²) < 4.78 is 10.7.